The predicted octanol–water partition coefficient (Wildman–Crippen LogP) is 3.20. The Balaban J connectivity index is 1.29. The van der Waals surface area contributed by atoms with Gasteiger partial charge in [0.25, 0.3) is 5.91 Å². The SMILES string of the molecule is CC1(C)CN(S(=O)(=O)c2cc(F)cc(F)c2)Cc2c(NC(=O)c3ccc(N4CCOCC4)cc3NC(=O)C3CCNCC3)n[nH]c21. The molecule has 2 aromatic carbocycles. The number of benzene rings is 2. The largest absolute Gasteiger partial charge is 0.378 e. The molecule has 15 heteroatoms. The Morgan fingerprint density at radius 1 is 1.02 bits per heavy atom. The van der Waals surface area contributed by atoms with E-state index in [0.717, 1.165) is 35.2 Å². The average Bonchev–Trinajstić information content (AvgIpc) is 3.44. The number of morpholine rings is 1. The Morgan fingerprint density at radius 3 is 2.41 bits per heavy atom. The average molecular weight is 658 g/mol. The molecule has 0 bridgehead atoms. The van der Waals surface area contributed by atoms with Gasteiger partial charge in [-0.25, -0.2) is 17.2 Å². The van der Waals surface area contributed by atoms with Crippen LogP contribution in [0, 0.1) is 17.6 Å². The van der Waals surface area contributed by atoms with Crippen molar-refractivity contribution in [3.8, 4) is 0 Å². The van der Waals surface area contributed by atoms with Crippen LogP contribution in [0.25, 0.3) is 0 Å². The van der Waals surface area contributed by atoms with Gasteiger partial charge in [-0.1, -0.05) is 13.8 Å². The number of hydrogen-bond acceptors (Lipinski definition) is 8. The quantitative estimate of drug-likeness (QED) is 0.303. The van der Waals surface area contributed by atoms with E-state index in [9.17, 15) is 26.8 Å². The fraction of sp³-hybridized carbons (Fsp3) is 0.452. The van der Waals surface area contributed by atoms with Crippen molar-refractivity contribution < 1.29 is 31.5 Å². The van der Waals surface area contributed by atoms with Gasteiger partial charge in [-0.2, -0.15) is 9.40 Å². The van der Waals surface area contributed by atoms with Crippen molar-refractivity contribution in [1.82, 2.24) is 19.8 Å². The number of hydrogen-bond donors (Lipinski definition) is 4. The highest BCUT2D eigenvalue weighted by Gasteiger charge is 2.41. The molecular formula is C31H37F2N7O5S. The molecule has 3 aliphatic heterocycles. The lowest BCUT2D eigenvalue weighted by Gasteiger charge is -2.36. The second-order valence-electron chi connectivity index (χ2n) is 12.5. The molecule has 12 nitrogen and oxygen atoms in total. The minimum Gasteiger partial charge on any atom is -0.378 e. The second-order valence-corrected chi connectivity index (χ2v) is 14.4. The number of piperidine rings is 1. The third kappa shape index (κ3) is 6.49. The maximum absolute atomic E-state index is 14.0. The molecule has 0 atom stereocenters. The lowest BCUT2D eigenvalue weighted by Crippen LogP contribution is -2.45. The Labute approximate surface area is 265 Å². The van der Waals surface area contributed by atoms with E-state index in [1.807, 2.05) is 19.9 Å². The van der Waals surface area contributed by atoms with Crippen molar-refractivity contribution in [2.75, 3.05) is 61.5 Å². The third-order valence-corrected chi connectivity index (χ3v) is 10.5. The van der Waals surface area contributed by atoms with E-state index in [4.69, 9.17) is 4.74 Å². The highest BCUT2D eigenvalue weighted by atomic mass is 32.2. The van der Waals surface area contributed by atoms with Gasteiger partial charge in [-0.05, 0) is 56.3 Å². The summed E-state index contributed by atoms with van der Waals surface area (Å²) < 4.78 is 61.6. The number of sulfonamides is 1. The summed E-state index contributed by atoms with van der Waals surface area (Å²) in [5, 5.41) is 16.3. The molecule has 6 rings (SSSR count). The summed E-state index contributed by atoms with van der Waals surface area (Å²) in [5.74, 6) is -2.80. The van der Waals surface area contributed by atoms with E-state index in [1.54, 1.807) is 12.1 Å². The van der Waals surface area contributed by atoms with E-state index in [2.05, 4.69) is 31.0 Å². The number of anilines is 3. The molecule has 4 N–H and O–H groups in total. The van der Waals surface area contributed by atoms with E-state index < -0.39 is 37.9 Å². The van der Waals surface area contributed by atoms with Crippen LogP contribution in [0.4, 0.5) is 26.0 Å². The van der Waals surface area contributed by atoms with Crippen molar-refractivity contribution >= 4 is 39.0 Å². The number of nitrogens with one attached hydrogen (secondary N) is 4. The van der Waals surface area contributed by atoms with Crippen molar-refractivity contribution in [3.63, 3.8) is 0 Å². The van der Waals surface area contributed by atoms with Gasteiger partial charge in [0.05, 0.1) is 29.4 Å². The first kappa shape index (κ1) is 32.0. The van der Waals surface area contributed by atoms with Crippen LogP contribution in [-0.4, -0.2) is 80.7 Å². The van der Waals surface area contributed by atoms with Crippen LogP contribution in [0.15, 0.2) is 41.3 Å². The fourth-order valence-corrected chi connectivity index (χ4v) is 7.89. The first-order chi connectivity index (χ1) is 21.9. The first-order valence-corrected chi connectivity index (χ1v) is 16.7. The highest BCUT2D eigenvalue weighted by molar-refractivity contribution is 7.89. The zero-order chi connectivity index (χ0) is 32.6. The lowest BCUT2D eigenvalue weighted by molar-refractivity contribution is -0.120. The van der Waals surface area contributed by atoms with E-state index in [-0.39, 0.29) is 36.3 Å². The highest BCUT2D eigenvalue weighted by Crippen LogP contribution is 2.38. The van der Waals surface area contributed by atoms with Crippen LogP contribution in [-0.2, 0) is 31.5 Å². The Hall–Kier alpha value is -3.92. The summed E-state index contributed by atoms with van der Waals surface area (Å²) in [6, 6.07) is 7.41. The number of ether oxygens (including phenoxy) is 1. The van der Waals surface area contributed by atoms with Gasteiger partial charge in [-0.3, -0.25) is 14.7 Å². The van der Waals surface area contributed by atoms with Crippen molar-refractivity contribution in [2.24, 2.45) is 5.92 Å². The molecule has 3 aliphatic rings. The van der Waals surface area contributed by atoms with E-state index in [0.29, 0.717) is 62.2 Å². The number of halogens is 2. The Morgan fingerprint density at radius 2 is 1.72 bits per heavy atom. The molecule has 4 heterocycles. The van der Waals surface area contributed by atoms with Crippen LogP contribution in [0.2, 0.25) is 0 Å². The fourth-order valence-electron chi connectivity index (χ4n) is 6.28. The summed E-state index contributed by atoms with van der Waals surface area (Å²) in [4.78, 5) is 28.7. The Bertz CT molecular complexity index is 1730. The van der Waals surface area contributed by atoms with Gasteiger partial charge in [-0.15, -0.1) is 0 Å². The summed E-state index contributed by atoms with van der Waals surface area (Å²) in [6.07, 6.45) is 1.38. The normalized spacial score (nSPS) is 19.0. The zero-order valence-electron chi connectivity index (χ0n) is 25.7. The summed E-state index contributed by atoms with van der Waals surface area (Å²) in [6.45, 7) is 7.38. The monoisotopic (exact) mass is 657 g/mol. The lowest BCUT2D eigenvalue weighted by atomic mass is 9.84. The second kappa shape index (κ2) is 12.7. The van der Waals surface area contributed by atoms with Gasteiger partial charge >= 0.3 is 0 Å². The molecule has 1 aromatic heterocycles. The Kier molecular flexibility index (Phi) is 8.85. The van der Waals surface area contributed by atoms with Gasteiger partial charge in [0.15, 0.2) is 5.82 Å². The molecule has 0 unspecified atom stereocenters. The number of H-pyrrole nitrogens is 1. The standard InChI is InChI=1S/C31H37F2N7O5S/c1-31(2)18-40(46(43,44)23-14-20(32)13-21(33)15-23)17-25-27(31)37-38-28(25)36-30(42)24-4-3-22(39-9-11-45-12-10-39)16-26(24)35-29(41)19-5-7-34-8-6-19/h3-4,13-16,19,34H,5-12,17-18H2,1-2H3,(H,35,41)(H2,36,37,38,42). The smallest absolute Gasteiger partial charge is 0.258 e. The zero-order valence-corrected chi connectivity index (χ0v) is 26.5. The summed E-state index contributed by atoms with van der Waals surface area (Å²) >= 11 is 0. The van der Waals surface area contributed by atoms with Gasteiger partial charge in [0, 0.05) is 60.5 Å². The molecule has 0 saturated carbocycles. The van der Waals surface area contributed by atoms with Crippen LogP contribution < -0.4 is 20.9 Å². The molecule has 3 aromatic rings. The third-order valence-electron chi connectivity index (χ3n) is 8.75. The van der Waals surface area contributed by atoms with Crippen molar-refractivity contribution in [1.29, 1.82) is 0 Å². The molecular weight excluding hydrogens is 620 g/mol. The van der Waals surface area contributed by atoms with Gasteiger partial charge in [0.2, 0.25) is 15.9 Å². The van der Waals surface area contributed by atoms with Crippen molar-refractivity contribution in [2.45, 2.75) is 43.5 Å². The topological polar surface area (TPSA) is 149 Å². The van der Waals surface area contributed by atoms with Crippen LogP contribution in [0.3, 0.4) is 0 Å². The number of amides is 2. The number of rotatable bonds is 7. The van der Waals surface area contributed by atoms with Crippen molar-refractivity contribution in [3.05, 3.63) is 64.9 Å². The van der Waals surface area contributed by atoms with Gasteiger partial charge in [0.1, 0.15) is 11.6 Å². The molecule has 2 saturated heterocycles. The molecule has 2 amide bonds. The van der Waals surface area contributed by atoms with E-state index >= 15 is 0 Å². The minimum atomic E-state index is -4.31. The molecule has 0 radical (unpaired) electrons. The maximum Gasteiger partial charge on any atom is 0.258 e. The number of carbonyl (C=O) groups is 2. The number of carbonyl (C=O) groups excluding carboxylic acids is 2. The summed E-state index contributed by atoms with van der Waals surface area (Å²) in [7, 11) is -4.31. The molecule has 46 heavy (non-hydrogen) atoms. The van der Waals surface area contributed by atoms with E-state index in [1.165, 1.54) is 0 Å². The molecule has 2 fully saturated rings. The number of fused-ring (bicyclic) bond motifs is 1. The molecule has 246 valence electrons. The predicted molar refractivity (Wildman–Crippen MR) is 167 cm³/mol. The first-order valence-electron chi connectivity index (χ1n) is 15.3. The summed E-state index contributed by atoms with van der Waals surface area (Å²) in [5.41, 5.74) is 1.68. The number of aromatic nitrogens is 2. The minimum absolute atomic E-state index is 0.00587. The van der Waals surface area contributed by atoms with Crippen LogP contribution >= 0.6 is 0 Å². The van der Waals surface area contributed by atoms with Crippen LogP contribution in [0.5, 0.6) is 0 Å². The number of aromatic amines is 1. The maximum atomic E-state index is 14.0. The molecule has 0 aliphatic carbocycles. The van der Waals surface area contributed by atoms with Crippen LogP contribution in [0.1, 0.15) is 48.3 Å². The van der Waals surface area contributed by atoms with Gasteiger partial charge < -0.3 is 25.6 Å². The number of nitrogens with zero attached hydrogens (tertiary/aromatic N) is 3. The molecule has 0 spiro atoms.